The number of unbranched alkanes of at least 4 members (excludes halogenated alkanes) is 2. The molecule has 15 heteroatoms. The van der Waals surface area contributed by atoms with Crippen molar-refractivity contribution >= 4 is 29.6 Å². The van der Waals surface area contributed by atoms with E-state index < -0.39 is 23.8 Å². The number of aliphatic imine (C=N–C) groups is 1. The standard InChI is InChI=1S/C47H72N10O5/c1-50-40(24-16-28-55(3)47(49)51-2)45(60)53-27-17-30-57(36-38-21-10-6-11-22-38)32-18-31-56(35-37-19-8-5-9-20-37)29-15-7-14-26-52-46(61)41(34-43(48)58)54-44(59)33-39-23-12-13-25-42(39)62-4/h5-6,8-13,19-23,25,40-41,50H,7,14-18,24,26-36H2,1-4H3,(H2,48,58)(H2,49,51)(H,52,61)(H,53,60)(H,54,59)/t40?,41-/m0/s1. The summed E-state index contributed by atoms with van der Waals surface area (Å²) in [7, 11) is 6.92. The Hall–Kier alpha value is -5.51. The van der Waals surface area contributed by atoms with Crippen molar-refractivity contribution in [3.05, 3.63) is 102 Å². The molecule has 2 atom stereocenters. The van der Waals surface area contributed by atoms with E-state index >= 15 is 0 Å². The van der Waals surface area contributed by atoms with Crippen LogP contribution in [0, 0.1) is 0 Å². The lowest BCUT2D eigenvalue weighted by Crippen LogP contribution is -2.49. The Labute approximate surface area is 369 Å². The third-order valence-corrected chi connectivity index (χ3v) is 10.7. The third-order valence-electron chi connectivity index (χ3n) is 10.7. The van der Waals surface area contributed by atoms with E-state index in [-0.39, 0.29) is 24.8 Å². The number of methoxy groups -OCH3 is 1. The molecule has 0 saturated carbocycles. The molecule has 8 N–H and O–H groups in total. The molecule has 0 radical (unpaired) electrons. The van der Waals surface area contributed by atoms with Crippen molar-refractivity contribution in [1.29, 1.82) is 0 Å². The lowest BCUT2D eigenvalue weighted by molar-refractivity contribution is -0.131. The van der Waals surface area contributed by atoms with Gasteiger partial charge in [0, 0.05) is 58.9 Å². The minimum Gasteiger partial charge on any atom is -0.496 e. The number of hydrogen-bond donors (Lipinski definition) is 6. The maximum atomic E-state index is 13.1. The van der Waals surface area contributed by atoms with Crippen LogP contribution < -0.4 is 37.5 Å². The number of likely N-dealkylation sites (N-methyl/N-ethyl adjacent to an activating group) is 1. The van der Waals surface area contributed by atoms with Crippen LogP contribution in [-0.2, 0) is 38.7 Å². The predicted octanol–water partition coefficient (Wildman–Crippen LogP) is 3.03. The van der Waals surface area contributed by atoms with Crippen LogP contribution in [-0.4, -0.2) is 130 Å². The van der Waals surface area contributed by atoms with E-state index in [0.717, 1.165) is 84.3 Å². The number of guanidine groups is 1. The monoisotopic (exact) mass is 857 g/mol. The Morgan fingerprint density at radius 2 is 1.23 bits per heavy atom. The van der Waals surface area contributed by atoms with Crippen LogP contribution >= 0.6 is 0 Å². The molecular weight excluding hydrogens is 785 g/mol. The van der Waals surface area contributed by atoms with Crippen LogP contribution in [0.4, 0.5) is 0 Å². The maximum absolute atomic E-state index is 13.1. The van der Waals surface area contributed by atoms with Crippen molar-refractivity contribution in [2.24, 2.45) is 16.5 Å². The molecule has 3 aromatic carbocycles. The number of ether oxygens (including phenoxy) is 1. The molecule has 340 valence electrons. The van der Waals surface area contributed by atoms with Gasteiger partial charge in [-0.3, -0.25) is 34.0 Å². The maximum Gasteiger partial charge on any atom is 0.243 e. The third kappa shape index (κ3) is 20.4. The Morgan fingerprint density at radius 3 is 1.81 bits per heavy atom. The highest BCUT2D eigenvalue weighted by atomic mass is 16.5. The van der Waals surface area contributed by atoms with Gasteiger partial charge in [0.25, 0.3) is 0 Å². The van der Waals surface area contributed by atoms with E-state index in [4.69, 9.17) is 16.2 Å². The van der Waals surface area contributed by atoms with Gasteiger partial charge in [-0.2, -0.15) is 0 Å². The van der Waals surface area contributed by atoms with E-state index in [9.17, 15) is 19.2 Å². The largest absolute Gasteiger partial charge is 0.496 e. The molecule has 0 aliphatic carbocycles. The smallest absolute Gasteiger partial charge is 0.243 e. The minimum atomic E-state index is -1.06. The van der Waals surface area contributed by atoms with Gasteiger partial charge in [0.15, 0.2) is 5.96 Å². The number of nitrogens with zero attached hydrogens (tertiary/aromatic N) is 4. The van der Waals surface area contributed by atoms with E-state index in [1.165, 1.54) is 18.2 Å². The second-order valence-corrected chi connectivity index (χ2v) is 15.6. The summed E-state index contributed by atoms with van der Waals surface area (Å²) in [6.45, 7) is 7.02. The van der Waals surface area contributed by atoms with Crippen LogP contribution in [0.25, 0.3) is 0 Å². The first kappa shape index (κ1) is 50.8. The molecule has 3 aromatic rings. The number of para-hydroxylation sites is 1. The molecule has 0 heterocycles. The Bertz CT molecular complexity index is 1780. The molecule has 0 aliphatic heterocycles. The van der Waals surface area contributed by atoms with Gasteiger partial charge in [0.1, 0.15) is 11.8 Å². The summed E-state index contributed by atoms with van der Waals surface area (Å²) in [6.07, 6.45) is 5.63. The van der Waals surface area contributed by atoms with Gasteiger partial charge < -0.3 is 42.4 Å². The molecule has 0 spiro atoms. The molecule has 0 fully saturated rings. The average Bonchev–Trinajstić information content (AvgIpc) is 3.27. The highest BCUT2D eigenvalue weighted by Crippen LogP contribution is 2.18. The van der Waals surface area contributed by atoms with Gasteiger partial charge in [-0.25, -0.2) is 0 Å². The average molecular weight is 857 g/mol. The molecule has 1 unspecified atom stereocenters. The van der Waals surface area contributed by atoms with Gasteiger partial charge >= 0.3 is 0 Å². The lowest BCUT2D eigenvalue weighted by atomic mass is 10.1. The Kier molecular flexibility index (Phi) is 24.3. The molecule has 0 aromatic heterocycles. The van der Waals surface area contributed by atoms with Crippen LogP contribution in [0.1, 0.15) is 68.1 Å². The highest BCUT2D eigenvalue weighted by molar-refractivity contribution is 5.92. The van der Waals surface area contributed by atoms with Gasteiger partial charge in [0.05, 0.1) is 26.0 Å². The fourth-order valence-corrected chi connectivity index (χ4v) is 7.25. The first-order valence-electron chi connectivity index (χ1n) is 21.9. The highest BCUT2D eigenvalue weighted by Gasteiger charge is 2.23. The zero-order chi connectivity index (χ0) is 45.0. The number of carbonyl (C=O) groups excluding carboxylic acids is 4. The molecule has 62 heavy (non-hydrogen) atoms. The number of carbonyl (C=O) groups is 4. The molecule has 3 rings (SSSR count). The molecule has 0 saturated heterocycles. The summed E-state index contributed by atoms with van der Waals surface area (Å²) < 4.78 is 5.33. The summed E-state index contributed by atoms with van der Waals surface area (Å²) in [6, 6.07) is 26.8. The number of primary amides is 1. The van der Waals surface area contributed by atoms with Gasteiger partial charge in [-0.15, -0.1) is 0 Å². The number of nitrogens with two attached hydrogens (primary N) is 2. The Morgan fingerprint density at radius 1 is 0.677 bits per heavy atom. The van der Waals surface area contributed by atoms with Crippen LogP contribution in [0.5, 0.6) is 5.75 Å². The van der Waals surface area contributed by atoms with Gasteiger partial charge in [-0.1, -0.05) is 85.3 Å². The molecular formula is C47H72N10O5. The molecule has 15 nitrogen and oxygen atoms in total. The van der Waals surface area contributed by atoms with Crippen LogP contribution in [0.15, 0.2) is 89.9 Å². The van der Waals surface area contributed by atoms with Crippen molar-refractivity contribution in [3.63, 3.8) is 0 Å². The van der Waals surface area contributed by atoms with E-state index in [1.54, 1.807) is 25.2 Å². The van der Waals surface area contributed by atoms with E-state index in [0.29, 0.717) is 36.8 Å². The second kappa shape index (κ2) is 29.7. The predicted molar refractivity (Wildman–Crippen MR) is 247 cm³/mol. The van der Waals surface area contributed by atoms with Crippen molar-refractivity contribution in [2.45, 2.75) is 83.0 Å². The van der Waals surface area contributed by atoms with Crippen LogP contribution in [0.2, 0.25) is 0 Å². The first-order valence-corrected chi connectivity index (χ1v) is 21.9. The quantitative estimate of drug-likeness (QED) is 0.0318. The summed E-state index contributed by atoms with van der Waals surface area (Å²) in [5, 5.41) is 11.9. The fourth-order valence-electron chi connectivity index (χ4n) is 7.25. The van der Waals surface area contributed by atoms with Crippen molar-refractivity contribution in [2.75, 3.05) is 74.1 Å². The second-order valence-electron chi connectivity index (χ2n) is 15.6. The topological polar surface area (TPSA) is 200 Å². The zero-order valence-corrected chi connectivity index (χ0v) is 37.5. The van der Waals surface area contributed by atoms with E-state index in [1.807, 2.05) is 37.2 Å². The molecule has 0 bridgehead atoms. The number of rotatable bonds is 31. The first-order chi connectivity index (χ1) is 30.0. The summed E-state index contributed by atoms with van der Waals surface area (Å²) in [5.74, 6) is -0.445. The van der Waals surface area contributed by atoms with Crippen molar-refractivity contribution in [1.82, 2.24) is 36.0 Å². The van der Waals surface area contributed by atoms with Crippen molar-refractivity contribution < 1.29 is 23.9 Å². The normalized spacial score (nSPS) is 12.5. The number of hydrogen-bond acceptors (Lipinski definition) is 9. The number of amides is 4. The van der Waals surface area contributed by atoms with Crippen LogP contribution in [0.3, 0.4) is 0 Å². The summed E-state index contributed by atoms with van der Waals surface area (Å²) in [5.41, 5.74) is 14.5. The van der Waals surface area contributed by atoms with E-state index in [2.05, 4.69) is 84.6 Å². The number of benzene rings is 3. The summed E-state index contributed by atoms with van der Waals surface area (Å²) >= 11 is 0. The SMILES string of the molecule is CN=C(N)N(C)CCCC(NC)C(=O)NCCCN(CCCN(CCCCCNC(=O)[C@H](CC(N)=O)NC(=O)Cc1ccccc1OC)Cc1ccccc1)Cc1ccccc1. The lowest BCUT2D eigenvalue weighted by Gasteiger charge is -2.26. The molecule has 0 aliphatic rings. The minimum absolute atomic E-state index is 0.000889. The summed E-state index contributed by atoms with van der Waals surface area (Å²) in [4.78, 5) is 61.5. The van der Waals surface area contributed by atoms with Gasteiger partial charge in [0.2, 0.25) is 23.6 Å². The Balaban J connectivity index is 1.48. The van der Waals surface area contributed by atoms with Gasteiger partial charge in [-0.05, 0) is 82.4 Å². The number of nitrogens with one attached hydrogen (secondary N) is 4. The molecule has 4 amide bonds. The fraction of sp³-hybridized carbons (Fsp3) is 0.511. The zero-order valence-electron chi connectivity index (χ0n) is 37.5. The van der Waals surface area contributed by atoms with Crippen molar-refractivity contribution in [3.8, 4) is 5.75 Å².